The van der Waals surface area contributed by atoms with Crippen LogP contribution in [-0.4, -0.2) is 14.9 Å². The minimum Gasteiger partial charge on any atom is -0.407 e. The number of hydrogen-bond donors (Lipinski definition) is 0. The standard InChI is InChI=1S/C21H26OSi/c1-3-4-11-18(2)21-16-17-22-23(21,19-12-7-5-8-13-19)20-14-9-6-10-15-20/h5-10,12-15,21H,2-4,11,16-17H2,1H3. The van der Waals surface area contributed by atoms with Crippen molar-refractivity contribution >= 4 is 18.7 Å². The first-order valence-corrected chi connectivity index (χ1v) is 10.7. The molecule has 2 heteroatoms. The van der Waals surface area contributed by atoms with Crippen molar-refractivity contribution in [2.75, 3.05) is 6.61 Å². The quantitative estimate of drug-likeness (QED) is 0.570. The van der Waals surface area contributed by atoms with Crippen LogP contribution in [-0.2, 0) is 4.43 Å². The molecule has 0 amide bonds. The van der Waals surface area contributed by atoms with E-state index in [2.05, 4.69) is 74.2 Å². The van der Waals surface area contributed by atoms with Gasteiger partial charge in [0.25, 0.3) is 8.32 Å². The van der Waals surface area contributed by atoms with Crippen LogP contribution in [0.4, 0.5) is 0 Å². The van der Waals surface area contributed by atoms with Crippen LogP contribution in [0.25, 0.3) is 0 Å². The molecule has 1 aliphatic rings. The molecule has 2 aromatic carbocycles. The molecule has 23 heavy (non-hydrogen) atoms. The Labute approximate surface area is 141 Å². The van der Waals surface area contributed by atoms with E-state index in [1.807, 2.05) is 0 Å². The SMILES string of the molecule is C=C(CCCC)C1CCO[Si]1(c1ccccc1)c1ccccc1. The third-order valence-corrected chi connectivity index (χ3v) is 9.70. The lowest BCUT2D eigenvalue weighted by Gasteiger charge is -2.34. The number of allylic oxidation sites excluding steroid dienone is 1. The van der Waals surface area contributed by atoms with E-state index in [4.69, 9.17) is 4.43 Å². The molecule has 1 heterocycles. The van der Waals surface area contributed by atoms with Crippen molar-refractivity contribution in [2.45, 2.75) is 38.1 Å². The highest BCUT2D eigenvalue weighted by Crippen LogP contribution is 2.40. The van der Waals surface area contributed by atoms with Crippen molar-refractivity contribution in [1.29, 1.82) is 0 Å². The first-order valence-electron chi connectivity index (χ1n) is 8.71. The van der Waals surface area contributed by atoms with Gasteiger partial charge in [0.2, 0.25) is 0 Å². The van der Waals surface area contributed by atoms with Crippen LogP contribution in [0.15, 0.2) is 72.8 Å². The molecule has 120 valence electrons. The third-order valence-electron chi connectivity index (χ3n) is 4.98. The molecule has 0 saturated carbocycles. The smallest absolute Gasteiger partial charge is 0.262 e. The zero-order valence-corrected chi connectivity index (χ0v) is 15.0. The molecular weight excluding hydrogens is 296 g/mol. The summed E-state index contributed by atoms with van der Waals surface area (Å²) in [6.07, 6.45) is 4.68. The van der Waals surface area contributed by atoms with Crippen molar-refractivity contribution in [3.8, 4) is 0 Å². The monoisotopic (exact) mass is 322 g/mol. The molecule has 2 aromatic rings. The molecule has 1 saturated heterocycles. The van der Waals surface area contributed by atoms with E-state index >= 15 is 0 Å². The van der Waals surface area contributed by atoms with Crippen LogP contribution >= 0.6 is 0 Å². The first kappa shape index (κ1) is 16.2. The molecule has 0 aromatic heterocycles. The minimum atomic E-state index is -2.23. The summed E-state index contributed by atoms with van der Waals surface area (Å²) in [4.78, 5) is 0. The van der Waals surface area contributed by atoms with Crippen molar-refractivity contribution in [3.63, 3.8) is 0 Å². The molecule has 0 bridgehead atoms. The Morgan fingerprint density at radius 1 is 1.04 bits per heavy atom. The number of benzene rings is 2. The highest BCUT2D eigenvalue weighted by molar-refractivity contribution is 6.99. The van der Waals surface area contributed by atoms with Crippen molar-refractivity contribution in [1.82, 2.24) is 0 Å². The van der Waals surface area contributed by atoms with Gasteiger partial charge in [0, 0.05) is 12.1 Å². The molecule has 3 rings (SSSR count). The lowest BCUT2D eigenvalue weighted by atomic mass is 10.1. The van der Waals surface area contributed by atoms with Gasteiger partial charge in [-0.3, -0.25) is 0 Å². The maximum absolute atomic E-state index is 6.60. The summed E-state index contributed by atoms with van der Waals surface area (Å²) in [6, 6.07) is 21.8. The molecule has 1 nitrogen and oxygen atoms in total. The Balaban J connectivity index is 2.07. The summed E-state index contributed by atoms with van der Waals surface area (Å²) in [5, 5.41) is 2.76. The van der Waals surface area contributed by atoms with Crippen molar-refractivity contribution < 1.29 is 4.43 Å². The molecule has 0 radical (unpaired) electrons. The summed E-state index contributed by atoms with van der Waals surface area (Å²) in [6.45, 7) is 7.58. The Hall–Kier alpha value is -1.64. The summed E-state index contributed by atoms with van der Waals surface area (Å²) >= 11 is 0. The lowest BCUT2D eigenvalue weighted by molar-refractivity contribution is 0.357. The van der Waals surface area contributed by atoms with Crippen molar-refractivity contribution in [3.05, 3.63) is 72.8 Å². The van der Waals surface area contributed by atoms with Gasteiger partial charge < -0.3 is 4.43 Å². The molecule has 1 atom stereocenters. The second kappa shape index (κ2) is 7.29. The molecule has 1 unspecified atom stereocenters. The van der Waals surface area contributed by atoms with Gasteiger partial charge in [0.1, 0.15) is 0 Å². The highest BCUT2D eigenvalue weighted by Gasteiger charge is 2.51. The summed E-state index contributed by atoms with van der Waals surface area (Å²) in [5.74, 6) is 0. The molecule has 0 aliphatic carbocycles. The molecular formula is C21H26OSi. The van der Waals surface area contributed by atoms with Crippen LogP contribution in [0.3, 0.4) is 0 Å². The average Bonchev–Trinajstić information content (AvgIpc) is 3.07. The van der Waals surface area contributed by atoms with E-state index in [1.165, 1.54) is 28.8 Å². The van der Waals surface area contributed by atoms with Crippen LogP contribution in [0.5, 0.6) is 0 Å². The summed E-state index contributed by atoms with van der Waals surface area (Å²) in [7, 11) is -2.23. The zero-order valence-electron chi connectivity index (χ0n) is 14.0. The van der Waals surface area contributed by atoms with Gasteiger partial charge >= 0.3 is 0 Å². The van der Waals surface area contributed by atoms with Gasteiger partial charge in [-0.25, -0.2) is 0 Å². The maximum atomic E-state index is 6.60. The molecule has 1 aliphatic heterocycles. The average molecular weight is 323 g/mol. The second-order valence-electron chi connectivity index (χ2n) is 6.42. The molecule has 0 N–H and O–H groups in total. The van der Waals surface area contributed by atoms with E-state index in [9.17, 15) is 0 Å². The Morgan fingerprint density at radius 2 is 1.61 bits per heavy atom. The van der Waals surface area contributed by atoms with E-state index in [0.29, 0.717) is 5.54 Å². The lowest BCUT2D eigenvalue weighted by Crippen LogP contribution is -2.61. The fraction of sp³-hybridized carbons (Fsp3) is 0.333. The Kier molecular flexibility index (Phi) is 5.14. The topological polar surface area (TPSA) is 9.23 Å². The molecule has 1 fully saturated rings. The van der Waals surface area contributed by atoms with Crippen LogP contribution in [0.1, 0.15) is 32.6 Å². The molecule has 0 spiro atoms. The number of rotatable bonds is 6. The summed E-state index contributed by atoms with van der Waals surface area (Å²) < 4.78 is 6.60. The number of hydrogen-bond acceptors (Lipinski definition) is 1. The van der Waals surface area contributed by atoms with Crippen LogP contribution in [0.2, 0.25) is 5.54 Å². The van der Waals surface area contributed by atoms with Gasteiger partial charge in [-0.1, -0.05) is 86.2 Å². The predicted octanol–water partition coefficient (Wildman–Crippen LogP) is 4.28. The van der Waals surface area contributed by atoms with Gasteiger partial charge in [-0.05, 0) is 29.6 Å². The van der Waals surface area contributed by atoms with Gasteiger partial charge in [-0.15, -0.1) is 0 Å². The Morgan fingerprint density at radius 3 is 2.13 bits per heavy atom. The van der Waals surface area contributed by atoms with Gasteiger partial charge in [0.05, 0.1) is 0 Å². The third kappa shape index (κ3) is 3.06. The van der Waals surface area contributed by atoms with Crippen molar-refractivity contribution in [2.24, 2.45) is 0 Å². The maximum Gasteiger partial charge on any atom is 0.262 e. The van der Waals surface area contributed by atoms with E-state index < -0.39 is 8.32 Å². The second-order valence-corrected chi connectivity index (χ2v) is 10.0. The van der Waals surface area contributed by atoms with Crippen LogP contribution < -0.4 is 10.4 Å². The zero-order chi connectivity index (χ0) is 16.1. The van der Waals surface area contributed by atoms with E-state index in [-0.39, 0.29) is 0 Å². The minimum absolute atomic E-state index is 0.485. The predicted molar refractivity (Wildman–Crippen MR) is 101 cm³/mol. The largest absolute Gasteiger partial charge is 0.407 e. The van der Waals surface area contributed by atoms with E-state index in [0.717, 1.165) is 19.4 Å². The fourth-order valence-electron chi connectivity index (χ4n) is 3.82. The summed E-state index contributed by atoms with van der Waals surface area (Å²) in [5.41, 5.74) is 1.88. The normalized spacial score (nSPS) is 19.6. The van der Waals surface area contributed by atoms with Gasteiger partial charge in [-0.2, -0.15) is 0 Å². The van der Waals surface area contributed by atoms with E-state index in [1.54, 1.807) is 0 Å². The first-order chi connectivity index (χ1) is 11.3. The highest BCUT2D eigenvalue weighted by atomic mass is 28.4. The van der Waals surface area contributed by atoms with Crippen LogP contribution in [0, 0.1) is 0 Å². The van der Waals surface area contributed by atoms with Gasteiger partial charge in [0.15, 0.2) is 0 Å². The number of unbranched alkanes of at least 4 members (excludes halogenated alkanes) is 1. The Bertz CT molecular complexity index is 596. The fourth-order valence-corrected chi connectivity index (χ4v) is 8.55.